The molecule has 0 radical (unpaired) electrons. The number of nitrogens with one attached hydrogen (secondary N) is 1. The number of hydrogen-bond donors (Lipinski definition) is 4. The molecular weight excluding hydrogens is 991 g/mol. The van der Waals surface area contributed by atoms with Crippen LogP contribution < -0.4 is 0 Å². The van der Waals surface area contributed by atoms with E-state index in [1.54, 1.807) is 19.9 Å². The van der Waals surface area contributed by atoms with Crippen LogP contribution in [0, 0.1) is 33.0 Å². The van der Waals surface area contributed by atoms with Crippen LogP contribution in [0.2, 0.25) is 0 Å². The Morgan fingerprint density at radius 3 is 1.83 bits per heavy atom. The normalized spacial score (nSPS) is 15.7. The lowest BCUT2D eigenvalue weighted by atomic mass is 9.79. The molecule has 1 aromatic carbocycles. The number of aliphatic hydroxyl groups is 2. The number of aryl methyl sites for hydroxylation is 1. The van der Waals surface area contributed by atoms with Crippen LogP contribution >= 0.6 is 21.6 Å². The smallest absolute Gasteiger partial charge is 0.306 e. The molecule has 76 heavy (non-hydrogen) atoms. The van der Waals surface area contributed by atoms with Gasteiger partial charge in [0.15, 0.2) is 5.78 Å². The van der Waals surface area contributed by atoms with Gasteiger partial charge in [0.1, 0.15) is 34.8 Å². The molecule has 2 aromatic rings. The SMILES string of the molecule is CC(C)(C)C(=O)CCCC(=O)[C@H](O)C(C)(C)CO.CC(C)(C)CCCc1c[nH]c2ccc(O)cc12.CC(C)(C)OC(=O)CCCC[C@]1(C)CCSS1.CC/C=C\CC(=O)C(C)(C)C.CC/C=C\CC(C)(C)C(=O)C(C)C. The Hall–Kier alpha value is -3.19. The highest BCUT2D eigenvalue weighted by molar-refractivity contribution is 8.77. The molecule has 0 unspecified atom stereocenters. The largest absolute Gasteiger partial charge is 0.508 e. The van der Waals surface area contributed by atoms with Gasteiger partial charge in [-0.25, -0.2) is 0 Å². The van der Waals surface area contributed by atoms with Crippen LogP contribution in [0.4, 0.5) is 0 Å². The van der Waals surface area contributed by atoms with Crippen molar-refractivity contribution in [2.75, 3.05) is 12.4 Å². The van der Waals surface area contributed by atoms with Gasteiger partial charge in [0.25, 0.3) is 0 Å². The molecular formula is C64H111NO9S2. The van der Waals surface area contributed by atoms with E-state index in [-0.39, 0.29) is 58.3 Å². The highest BCUT2D eigenvalue weighted by atomic mass is 33.1. The first-order chi connectivity index (χ1) is 34.7. The number of phenols is 1. The van der Waals surface area contributed by atoms with Crippen molar-refractivity contribution in [3.8, 4) is 5.75 Å². The Bertz CT molecular complexity index is 2060. The number of carbonyl (C=O) groups excluding carboxylic acids is 5. The summed E-state index contributed by atoms with van der Waals surface area (Å²) in [6.45, 7) is 41.5. The molecule has 1 aliphatic rings. The minimum Gasteiger partial charge on any atom is -0.508 e. The standard InChI is InChI=1S/C15H21NO.C14H26O4.C13H24O2S2.C12H22O.C10H18O/c1-15(2,3)8-4-5-11-10-16-14-7-6-12(17)9-13(11)14;1-13(2,3)11(17)8-6-7-10(16)12(18)14(4,5)9-15;1-12(2,3)15-11(14)7-5-6-8-13(4)9-10-16-17-13;1-6-7-8-9-12(4,5)11(13)10(2)3;1-5-6-7-8-9(11)10(2,3)4/h6-7,9-10,16-17H,4-5,8H2,1-3H3;12,15,18H,6-9H2,1-5H3;5-10H2,1-4H3;7-8,10H,6,9H2,1-5H3;6-7H,5,8H2,1-4H3/b;;;8-7-;7-6-/t;12-;13-;;/m.01../s1. The van der Waals surface area contributed by atoms with Crippen LogP contribution in [0.25, 0.3) is 10.9 Å². The molecule has 0 amide bonds. The first-order valence-electron chi connectivity index (χ1n) is 28.2. The topological polar surface area (TPSA) is 171 Å². The monoisotopic (exact) mass is 1100 g/mol. The van der Waals surface area contributed by atoms with E-state index in [0.717, 1.165) is 49.4 Å². The lowest BCUT2D eigenvalue weighted by molar-refractivity contribution is -0.155. The van der Waals surface area contributed by atoms with Crippen LogP contribution in [0.5, 0.6) is 5.75 Å². The number of carbonyl (C=O) groups is 5. The summed E-state index contributed by atoms with van der Waals surface area (Å²) in [6, 6.07) is 5.49. The van der Waals surface area contributed by atoms with Crippen LogP contribution in [0.15, 0.2) is 48.7 Å². The first-order valence-corrected chi connectivity index (χ1v) is 30.5. The zero-order valence-electron chi connectivity index (χ0n) is 51.9. The van der Waals surface area contributed by atoms with Gasteiger partial charge in [-0.2, -0.15) is 0 Å². The third-order valence-electron chi connectivity index (χ3n) is 12.7. The number of aromatic nitrogens is 1. The van der Waals surface area contributed by atoms with E-state index in [1.807, 2.05) is 136 Å². The van der Waals surface area contributed by atoms with E-state index >= 15 is 0 Å². The second-order valence-electron chi connectivity index (χ2n) is 26.6. The molecule has 2 heterocycles. The van der Waals surface area contributed by atoms with E-state index in [1.165, 1.54) is 37.0 Å². The first kappa shape index (κ1) is 74.9. The van der Waals surface area contributed by atoms with Crippen molar-refractivity contribution in [2.24, 2.45) is 33.0 Å². The van der Waals surface area contributed by atoms with Crippen molar-refractivity contribution < 1.29 is 44.0 Å². The fourth-order valence-corrected chi connectivity index (χ4v) is 10.8. The molecule has 1 saturated heterocycles. The molecule has 10 nitrogen and oxygen atoms in total. The number of esters is 1. The second-order valence-corrected chi connectivity index (χ2v) is 29.6. The van der Waals surface area contributed by atoms with Gasteiger partial charge in [-0.1, -0.05) is 170 Å². The lowest BCUT2D eigenvalue weighted by Crippen LogP contribution is -2.39. The summed E-state index contributed by atoms with van der Waals surface area (Å²) in [5, 5.41) is 29.5. The lowest BCUT2D eigenvalue weighted by Gasteiger charge is -2.27. The molecule has 12 heteroatoms. The van der Waals surface area contributed by atoms with Gasteiger partial charge in [0.05, 0.1) is 6.61 Å². The van der Waals surface area contributed by atoms with Gasteiger partial charge in [-0.3, -0.25) is 24.0 Å². The minimum atomic E-state index is -1.17. The summed E-state index contributed by atoms with van der Waals surface area (Å²) >= 11 is 0. The predicted molar refractivity (Wildman–Crippen MR) is 326 cm³/mol. The highest BCUT2D eigenvalue weighted by Gasteiger charge is 2.33. The Morgan fingerprint density at radius 1 is 0.763 bits per heavy atom. The summed E-state index contributed by atoms with van der Waals surface area (Å²) < 4.78 is 5.73. The van der Waals surface area contributed by atoms with E-state index < -0.39 is 11.5 Å². The highest BCUT2D eigenvalue weighted by Crippen LogP contribution is 2.49. The zero-order chi connectivity index (χ0) is 59.4. The second kappa shape index (κ2) is 35.4. The molecule has 0 aliphatic carbocycles. The fraction of sp³-hybridized carbons (Fsp3) is 0.734. The van der Waals surface area contributed by atoms with Gasteiger partial charge in [0, 0.05) is 80.9 Å². The number of aromatic amines is 1. The average Bonchev–Trinajstić information content (AvgIpc) is 3.92. The molecule has 438 valence electrons. The number of fused-ring (bicyclic) bond motifs is 1. The molecule has 3 rings (SSSR count). The number of ether oxygens (including phenoxy) is 1. The number of Topliss-reactive ketones (excluding diaryl/α,β-unsaturated/α-hetero) is 4. The van der Waals surface area contributed by atoms with Gasteiger partial charge in [-0.15, -0.1) is 0 Å². The molecule has 0 bridgehead atoms. The molecule has 2 atom stereocenters. The molecule has 0 spiro atoms. The maximum absolute atomic E-state index is 11.7. The Labute approximate surface area is 471 Å². The molecule has 4 N–H and O–H groups in total. The maximum Gasteiger partial charge on any atom is 0.306 e. The Kier molecular flexibility index (Phi) is 34.9. The molecule has 1 aliphatic heterocycles. The minimum absolute atomic E-state index is 0.0592. The third-order valence-corrected chi connectivity index (χ3v) is 16.1. The molecule has 1 aromatic heterocycles. The number of unbranched alkanes of at least 4 members (excludes halogenated alkanes) is 1. The Morgan fingerprint density at radius 2 is 1.34 bits per heavy atom. The Balaban J connectivity index is 0. The van der Waals surface area contributed by atoms with Gasteiger partial charge >= 0.3 is 5.97 Å². The number of aliphatic hydroxyl groups excluding tert-OH is 2. The average molecular weight is 1100 g/mol. The van der Waals surface area contributed by atoms with E-state index in [9.17, 15) is 34.2 Å². The summed E-state index contributed by atoms with van der Waals surface area (Å²) in [7, 11) is 3.99. The van der Waals surface area contributed by atoms with Gasteiger partial charge in [0.2, 0.25) is 0 Å². The summed E-state index contributed by atoms with van der Waals surface area (Å²) in [4.78, 5) is 61.1. The zero-order valence-corrected chi connectivity index (χ0v) is 53.5. The summed E-state index contributed by atoms with van der Waals surface area (Å²) in [5.41, 5.74) is 0.873. The summed E-state index contributed by atoms with van der Waals surface area (Å²) in [6.07, 6.45) is 22.2. The predicted octanol–water partition coefficient (Wildman–Crippen LogP) is 16.9. The fourth-order valence-electron chi connectivity index (χ4n) is 7.54. The van der Waals surface area contributed by atoms with Crippen LogP contribution in [0.1, 0.15) is 241 Å². The number of phenolic OH excluding ortho intramolecular Hbond substituents is 1. The van der Waals surface area contributed by atoms with Crippen molar-refractivity contribution in [1.82, 2.24) is 4.98 Å². The maximum atomic E-state index is 11.7. The third kappa shape index (κ3) is 34.6. The quantitative estimate of drug-likeness (QED) is 0.0361. The van der Waals surface area contributed by atoms with Crippen molar-refractivity contribution >= 4 is 61.6 Å². The van der Waals surface area contributed by atoms with Crippen LogP contribution in [0.3, 0.4) is 0 Å². The molecule has 1 fully saturated rings. The number of aromatic hydroxyl groups is 1. The van der Waals surface area contributed by atoms with E-state index in [0.29, 0.717) is 53.2 Å². The van der Waals surface area contributed by atoms with E-state index in [2.05, 4.69) is 64.9 Å². The number of H-pyrrole nitrogens is 1. The van der Waals surface area contributed by atoms with Crippen molar-refractivity contribution in [1.29, 1.82) is 0 Å². The van der Waals surface area contributed by atoms with Crippen molar-refractivity contribution in [2.45, 2.75) is 258 Å². The van der Waals surface area contributed by atoms with Gasteiger partial charge in [-0.05, 0) is 121 Å². The number of benzene rings is 1. The van der Waals surface area contributed by atoms with E-state index in [4.69, 9.17) is 9.84 Å². The van der Waals surface area contributed by atoms with Crippen molar-refractivity contribution in [3.63, 3.8) is 0 Å². The molecule has 0 saturated carbocycles. The van der Waals surface area contributed by atoms with Crippen LogP contribution in [-0.4, -0.2) is 78.2 Å². The van der Waals surface area contributed by atoms with Crippen molar-refractivity contribution in [3.05, 3.63) is 54.3 Å². The van der Waals surface area contributed by atoms with Crippen LogP contribution in [-0.2, 0) is 35.1 Å². The number of hydrogen-bond acceptors (Lipinski definition) is 11. The number of rotatable bonds is 23. The number of ketones is 4. The summed E-state index contributed by atoms with van der Waals surface area (Å²) in [5.74, 6) is 2.17. The number of allylic oxidation sites excluding steroid dienone is 4. The van der Waals surface area contributed by atoms with Gasteiger partial charge < -0.3 is 25.0 Å².